The van der Waals surface area contributed by atoms with Gasteiger partial charge in [-0.2, -0.15) is 0 Å². The van der Waals surface area contributed by atoms with Gasteiger partial charge in [0, 0.05) is 31.1 Å². The van der Waals surface area contributed by atoms with Crippen LogP contribution in [-0.2, 0) is 19.1 Å². The number of alkyl halides is 1. The van der Waals surface area contributed by atoms with Gasteiger partial charge < -0.3 is 24.7 Å². The molecule has 0 aromatic carbocycles. The molecule has 2 amide bonds. The van der Waals surface area contributed by atoms with Crippen molar-refractivity contribution in [3.63, 3.8) is 0 Å². The molecule has 3 heterocycles. The minimum Gasteiger partial charge on any atom is -0.481 e. The van der Waals surface area contributed by atoms with Gasteiger partial charge in [-0.15, -0.1) is 6.58 Å². The largest absolute Gasteiger partial charge is 0.481 e. The number of nitrogens with zero attached hydrogens (tertiary/aromatic N) is 2. The summed E-state index contributed by atoms with van der Waals surface area (Å²) in [4.78, 5) is 42.0. The van der Waals surface area contributed by atoms with Crippen molar-refractivity contribution in [1.29, 1.82) is 0 Å². The number of fused-ring (bicyclic) bond motifs is 1. The van der Waals surface area contributed by atoms with E-state index >= 15 is 0 Å². The average molecular weight is 487 g/mol. The summed E-state index contributed by atoms with van der Waals surface area (Å²) in [6.07, 6.45) is 4.58. The first-order chi connectivity index (χ1) is 14.3. The number of carboxylic acid groups (broad SMARTS) is 1. The van der Waals surface area contributed by atoms with Crippen molar-refractivity contribution < 1.29 is 29.3 Å². The van der Waals surface area contributed by atoms with Gasteiger partial charge >= 0.3 is 5.97 Å². The molecule has 168 valence electrons. The van der Waals surface area contributed by atoms with Crippen LogP contribution in [0.5, 0.6) is 0 Å². The van der Waals surface area contributed by atoms with Gasteiger partial charge in [0.1, 0.15) is 11.6 Å². The Morgan fingerprint density at radius 3 is 2.73 bits per heavy atom. The topological polar surface area (TPSA) is 107 Å². The van der Waals surface area contributed by atoms with Crippen LogP contribution in [-0.4, -0.2) is 86.6 Å². The van der Waals surface area contributed by atoms with Crippen molar-refractivity contribution in [3.8, 4) is 0 Å². The molecule has 2 N–H and O–H groups in total. The molecule has 3 fully saturated rings. The maximum absolute atomic E-state index is 13.7. The van der Waals surface area contributed by atoms with E-state index in [1.807, 2.05) is 0 Å². The molecule has 0 aliphatic carbocycles. The van der Waals surface area contributed by atoms with Crippen LogP contribution in [0.3, 0.4) is 0 Å². The molecule has 1 unspecified atom stereocenters. The molecule has 0 saturated carbocycles. The summed E-state index contributed by atoms with van der Waals surface area (Å²) in [5.41, 5.74) is -1.16. The van der Waals surface area contributed by atoms with Crippen molar-refractivity contribution in [2.24, 2.45) is 11.8 Å². The number of unbranched alkanes of at least 4 members (excludes halogenated alkanes) is 2. The first-order valence-electron chi connectivity index (χ1n) is 10.7. The lowest BCUT2D eigenvalue weighted by atomic mass is 9.70. The highest BCUT2D eigenvalue weighted by Crippen LogP contribution is 2.60. The molecule has 3 saturated heterocycles. The summed E-state index contributed by atoms with van der Waals surface area (Å²) in [5, 5.41) is 19.1. The molecule has 6 atom stereocenters. The van der Waals surface area contributed by atoms with Crippen molar-refractivity contribution in [2.45, 2.75) is 61.6 Å². The predicted molar refractivity (Wildman–Crippen MR) is 113 cm³/mol. The smallest absolute Gasteiger partial charge is 0.310 e. The zero-order valence-electron chi connectivity index (χ0n) is 17.3. The molecule has 3 rings (SSSR count). The fourth-order valence-corrected chi connectivity index (χ4v) is 6.29. The van der Waals surface area contributed by atoms with Gasteiger partial charge in [0.05, 0.1) is 17.9 Å². The molecule has 1 spiro atoms. The fraction of sp³-hybridized carbons (Fsp3) is 0.762. The first kappa shape index (κ1) is 23.2. The minimum absolute atomic E-state index is 0.123. The summed E-state index contributed by atoms with van der Waals surface area (Å²) >= 11 is 3.52. The van der Waals surface area contributed by atoms with Gasteiger partial charge in [-0.05, 0) is 19.3 Å². The summed E-state index contributed by atoms with van der Waals surface area (Å²) in [5.74, 6) is -3.54. The van der Waals surface area contributed by atoms with E-state index in [0.29, 0.717) is 25.9 Å². The van der Waals surface area contributed by atoms with Crippen molar-refractivity contribution in [3.05, 3.63) is 12.7 Å². The number of likely N-dealkylation sites (tertiary alicyclic amines) is 1. The fourth-order valence-electron chi connectivity index (χ4n) is 5.35. The Morgan fingerprint density at radius 2 is 2.13 bits per heavy atom. The third-order valence-electron chi connectivity index (χ3n) is 6.56. The van der Waals surface area contributed by atoms with E-state index in [0.717, 1.165) is 19.3 Å². The van der Waals surface area contributed by atoms with Gasteiger partial charge in [0.25, 0.3) is 0 Å². The number of ether oxygens (including phenoxy) is 1. The monoisotopic (exact) mass is 486 g/mol. The highest BCUT2D eigenvalue weighted by Gasteiger charge is 2.76. The standard InChI is InChI=1S/C21H31BrN2O6/c1-3-5-6-9-23(8-4-2)19(27)17-21-12-13(22)16(30-21)14(20(28)29)15(21)18(26)24(17)10-7-11-25/h4,13-17,25H,2-3,5-12H2,1H3,(H,28,29)/t13?,14-,15+,16-,17-,21+/m1/s1. The van der Waals surface area contributed by atoms with E-state index in [-0.39, 0.29) is 29.8 Å². The number of amides is 2. The molecule has 8 nitrogen and oxygen atoms in total. The Hall–Kier alpha value is -1.45. The maximum atomic E-state index is 13.7. The second kappa shape index (κ2) is 9.36. The van der Waals surface area contributed by atoms with Crippen LogP contribution in [0.15, 0.2) is 12.7 Å². The number of hydrogen-bond acceptors (Lipinski definition) is 5. The van der Waals surface area contributed by atoms with Crippen LogP contribution in [0.25, 0.3) is 0 Å². The van der Waals surface area contributed by atoms with E-state index in [1.54, 1.807) is 11.0 Å². The van der Waals surface area contributed by atoms with E-state index in [2.05, 4.69) is 29.4 Å². The first-order valence-corrected chi connectivity index (χ1v) is 11.6. The zero-order chi connectivity index (χ0) is 22.1. The molecule has 0 aromatic heterocycles. The van der Waals surface area contributed by atoms with E-state index in [1.165, 1.54) is 4.90 Å². The van der Waals surface area contributed by atoms with E-state index in [4.69, 9.17) is 4.74 Å². The summed E-state index contributed by atoms with van der Waals surface area (Å²) in [6, 6.07) is -0.891. The summed E-state index contributed by atoms with van der Waals surface area (Å²) < 4.78 is 6.21. The molecule has 9 heteroatoms. The third-order valence-corrected chi connectivity index (χ3v) is 7.40. The number of aliphatic carboxylic acids is 1. The number of carboxylic acids is 1. The van der Waals surface area contributed by atoms with Crippen molar-refractivity contribution in [2.75, 3.05) is 26.2 Å². The van der Waals surface area contributed by atoms with Gasteiger partial charge in [0.2, 0.25) is 11.8 Å². The molecular formula is C21H31BrN2O6. The number of aliphatic hydroxyl groups is 1. The molecule has 0 radical (unpaired) electrons. The molecule has 3 aliphatic heterocycles. The number of halogens is 1. The Kier molecular flexibility index (Phi) is 7.24. The molecule has 3 aliphatic rings. The number of rotatable bonds is 11. The summed E-state index contributed by atoms with van der Waals surface area (Å²) in [7, 11) is 0. The lowest BCUT2D eigenvalue weighted by molar-refractivity contribution is -0.150. The van der Waals surface area contributed by atoms with Gasteiger partial charge in [-0.3, -0.25) is 14.4 Å². The normalized spacial score (nSPS) is 34.3. The Balaban J connectivity index is 1.98. The number of hydrogen-bond donors (Lipinski definition) is 2. The van der Waals surface area contributed by atoms with E-state index < -0.39 is 35.6 Å². The quantitative estimate of drug-likeness (QED) is 0.259. The minimum atomic E-state index is -1.16. The molecule has 2 bridgehead atoms. The average Bonchev–Trinajstić information content (AvgIpc) is 3.29. The highest BCUT2D eigenvalue weighted by atomic mass is 79.9. The number of carbonyl (C=O) groups is 3. The van der Waals surface area contributed by atoms with Crippen molar-refractivity contribution in [1.82, 2.24) is 9.80 Å². The number of carbonyl (C=O) groups excluding carboxylic acids is 2. The SMILES string of the molecule is C=CCN(CCCCC)C(=O)[C@H]1N(CCCO)C(=O)[C@@H]2[C@@H](C(=O)O)[C@@H]3O[C@@]21CC3Br. The second-order valence-electron chi connectivity index (χ2n) is 8.39. The molecule has 30 heavy (non-hydrogen) atoms. The molecular weight excluding hydrogens is 456 g/mol. The Morgan fingerprint density at radius 1 is 1.40 bits per heavy atom. The van der Waals surface area contributed by atoms with Crippen LogP contribution in [0.1, 0.15) is 39.0 Å². The second-order valence-corrected chi connectivity index (χ2v) is 9.57. The van der Waals surface area contributed by atoms with Gasteiger partial charge in [-0.25, -0.2) is 0 Å². The summed E-state index contributed by atoms with van der Waals surface area (Å²) in [6.45, 7) is 6.80. The predicted octanol–water partition coefficient (Wildman–Crippen LogP) is 1.41. The lowest BCUT2D eigenvalue weighted by Gasteiger charge is -2.37. The van der Waals surface area contributed by atoms with Gasteiger partial charge in [0.15, 0.2) is 0 Å². The van der Waals surface area contributed by atoms with Crippen LogP contribution in [0, 0.1) is 11.8 Å². The van der Waals surface area contributed by atoms with Crippen LogP contribution in [0.4, 0.5) is 0 Å². The van der Waals surface area contributed by atoms with E-state index in [9.17, 15) is 24.6 Å². The van der Waals surface area contributed by atoms with Crippen LogP contribution >= 0.6 is 15.9 Å². The van der Waals surface area contributed by atoms with Crippen LogP contribution < -0.4 is 0 Å². The highest BCUT2D eigenvalue weighted by molar-refractivity contribution is 9.09. The maximum Gasteiger partial charge on any atom is 0.310 e. The zero-order valence-corrected chi connectivity index (χ0v) is 18.9. The number of aliphatic hydroxyl groups excluding tert-OH is 1. The van der Waals surface area contributed by atoms with Gasteiger partial charge in [-0.1, -0.05) is 41.8 Å². The van der Waals surface area contributed by atoms with Crippen LogP contribution in [0.2, 0.25) is 0 Å². The lowest BCUT2D eigenvalue weighted by Crippen LogP contribution is -2.57. The Labute approximate surface area is 185 Å². The Bertz CT molecular complexity index is 703. The van der Waals surface area contributed by atoms with Crippen molar-refractivity contribution >= 4 is 33.7 Å². The molecule has 0 aromatic rings. The third kappa shape index (κ3) is 3.69.